The fourth-order valence-electron chi connectivity index (χ4n) is 2.01. The van der Waals surface area contributed by atoms with Crippen molar-refractivity contribution in [3.8, 4) is 0 Å². The normalized spacial score (nSPS) is 17.9. The molecule has 2 rings (SSSR count). The molecule has 1 fully saturated rings. The number of sulfone groups is 1. The van der Waals surface area contributed by atoms with Gasteiger partial charge in [0.2, 0.25) is 0 Å². The van der Waals surface area contributed by atoms with Crippen LogP contribution in [-0.2, 0) is 9.84 Å². The molecule has 0 aliphatic carbocycles. The van der Waals surface area contributed by atoms with Crippen LogP contribution in [0.1, 0.15) is 12.8 Å². The summed E-state index contributed by atoms with van der Waals surface area (Å²) in [6, 6.07) is 5.19. The van der Waals surface area contributed by atoms with Gasteiger partial charge in [-0.05, 0) is 36.5 Å². The lowest BCUT2D eigenvalue weighted by atomic mass is 10.1. The van der Waals surface area contributed by atoms with Crippen LogP contribution >= 0.6 is 11.8 Å². The monoisotopic (exact) mass is 325 g/mol. The molecular formula is C12H14F3NO2S2. The molecule has 1 heterocycles. The van der Waals surface area contributed by atoms with E-state index in [4.69, 9.17) is 0 Å². The maximum absolute atomic E-state index is 12.7. The lowest BCUT2D eigenvalue weighted by Gasteiger charge is -2.25. The zero-order chi connectivity index (χ0) is 14.8. The summed E-state index contributed by atoms with van der Waals surface area (Å²) in [4.78, 5) is -0.703. The van der Waals surface area contributed by atoms with Gasteiger partial charge in [-0.15, -0.1) is 0 Å². The molecule has 0 spiro atoms. The number of para-hydroxylation sites is 1. The molecule has 0 unspecified atom stereocenters. The first-order valence-corrected chi connectivity index (χ1v) is 8.71. The van der Waals surface area contributed by atoms with Crippen molar-refractivity contribution in [2.75, 3.05) is 16.8 Å². The predicted octanol–water partition coefficient (Wildman–Crippen LogP) is 3.29. The highest BCUT2D eigenvalue weighted by atomic mass is 32.2. The van der Waals surface area contributed by atoms with Gasteiger partial charge in [-0.3, -0.25) is 0 Å². The molecule has 0 amide bonds. The molecule has 1 aliphatic heterocycles. The van der Waals surface area contributed by atoms with E-state index in [9.17, 15) is 21.6 Å². The van der Waals surface area contributed by atoms with Crippen LogP contribution in [0.5, 0.6) is 0 Å². The van der Waals surface area contributed by atoms with E-state index in [2.05, 4.69) is 5.32 Å². The van der Waals surface area contributed by atoms with Gasteiger partial charge in [-0.25, -0.2) is 8.42 Å². The fourth-order valence-corrected chi connectivity index (χ4v) is 4.04. The Morgan fingerprint density at radius 3 is 2.35 bits per heavy atom. The maximum atomic E-state index is 12.7. The van der Waals surface area contributed by atoms with Crippen LogP contribution in [0.15, 0.2) is 29.2 Å². The van der Waals surface area contributed by atoms with Gasteiger partial charge in [0.15, 0.2) is 0 Å². The van der Waals surface area contributed by atoms with Crippen molar-refractivity contribution in [1.29, 1.82) is 0 Å². The number of thioether (sulfide) groups is 1. The van der Waals surface area contributed by atoms with Gasteiger partial charge in [0.1, 0.15) is 0 Å². The molecule has 8 heteroatoms. The zero-order valence-electron chi connectivity index (χ0n) is 10.5. The molecule has 1 aromatic carbocycles. The molecule has 112 valence electrons. The predicted molar refractivity (Wildman–Crippen MR) is 73.7 cm³/mol. The Morgan fingerprint density at radius 1 is 1.15 bits per heavy atom. The number of benzene rings is 1. The summed E-state index contributed by atoms with van der Waals surface area (Å²) in [5.41, 5.74) is -5.26. The van der Waals surface area contributed by atoms with E-state index in [0.717, 1.165) is 30.4 Å². The van der Waals surface area contributed by atoms with Gasteiger partial charge in [-0.1, -0.05) is 12.1 Å². The Kier molecular flexibility index (Phi) is 4.53. The third-order valence-corrected chi connectivity index (χ3v) is 5.66. The second kappa shape index (κ2) is 5.85. The average Bonchev–Trinajstić information content (AvgIpc) is 2.39. The number of hydrogen-bond donors (Lipinski definition) is 1. The van der Waals surface area contributed by atoms with Crippen LogP contribution in [-0.4, -0.2) is 31.5 Å². The lowest BCUT2D eigenvalue weighted by molar-refractivity contribution is -0.0435. The molecule has 3 nitrogen and oxygen atoms in total. The van der Waals surface area contributed by atoms with Crippen LogP contribution in [0.4, 0.5) is 18.9 Å². The van der Waals surface area contributed by atoms with Gasteiger partial charge in [0, 0.05) is 6.04 Å². The van der Waals surface area contributed by atoms with Crippen LogP contribution in [0.25, 0.3) is 0 Å². The van der Waals surface area contributed by atoms with Crippen LogP contribution in [0.3, 0.4) is 0 Å². The SMILES string of the molecule is O=S(=O)(c1ccccc1NC1CCSCC1)C(F)(F)F. The van der Waals surface area contributed by atoms with E-state index in [0.29, 0.717) is 0 Å². The third-order valence-electron chi connectivity index (χ3n) is 3.06. The standard InChI is InChI=1S/C12H14F3NO2S2/c13-12(14,15)20(17,18)11-4-2-1-3-10(11)16-9-5-7-19-8-6-9/h1-4,9,16H,5-8H2. The highest BCUT2D eigenvalue weighted by Gasteiger charge is 2.48. The van der Waals surface area contributed by atoms with Crippen molar-refractivity contribution >= 4 is 27.3 Å². The Balaban J connectivity index is 2.31. The Hall–Kier alpha value is -0.890. The van der Waals surface area contributed by atoms with E-state index in [-0.39, 0.29) is 11.7 Å². The Bertz CT molecular complexity index is 566. The van der Waals surface area contributed by atoms with Gasteiger partial charge in [0.05, 0.1) is 10.6 Å². The number of hydrogen-bond acceptors (Lipinski definition) is 4. The summed E-state index contributed by atoms with van der Waals surface area (Å²) in [6.07, 6.45) is 1.62. The van der Waals surface area contributed by atoms with E-state index in [1.807, 2.05) is 0 Å². The summed E-state index contributed by atoms with van der Waals surface area (Å²) < 4.78 is 61.1. The summed E-state index contributed by atoms with van der Waals surface area (Å²) in [7, 11) is -5.33. The topological polar surface area (TPSA) is 46.2 Å². The molecule has 0 aromatic heterocycles. The second-order valence-electron chi connectivity index (χ2n) is 4.48. The van der Waals surface area contributed by atoms with Gasteiger partial charge in [-0.2, -0.15) is 24.9 Å². The van der Waals surface area contributed by atoms with E-state index in [1.54, 1.807) is 11.8 Å². The molecule has 1 aliphatic rings. The first kappa shape index (κ1) is 15.5. The second-order valence-corrected chi connectivity index (χ2v) is 7.61. The van der Waals surface area contributed by atoms with E-state index in [1.165, 1.54) is 18.2 Å². The zero-order valence-corrected chi connectivity index (χ0v) is 12.1. The molecule has 0 saturated carbocycles. The van der Waals surface area contributed by atoms with Crippen molar-refractivity contribution in [2.24, 2.45) is 0 Å². The number of alkyl halides is 3. The molecule has 0 radical (unpaired) electrons. The first-order valence-electron chi connectivity index (χ1n) is 6.07. The van der Waals surface area contributed by atoms with Crippen LogP contribution in [0.2, 0.25) is 0 Å². The van der Waals surface area contributed by atoms with Crippen LogP contribution < -0.4 is 5.32 Å². The molecule has 1 saturated heterocycles. The molecule has 0 bridgehead atoms. The summed E-state index contributed by atoms with van der Waals surface area (Å²) in [6.45, 7) is 0. The highest BCUT2D eigenvalue weighted by Crippen LogP contribution is 2.35. The number of nitrogens with one attached hydrogen (secondary N) is 1. The van der Waals surface area contributed by atoms with Gasteiger partial charge in [0.25, 0.3) is 9.84 Å². The first-order chi connectivity index (χ1) is 9.32. The smallest absolute Gasteiger partial charge is 0.381 e. The molecular weight excluding hydrogens is 311 g/mol. The number of rotatable bonds is 3. The van der Waals surface area contributed by atoms with Crippen molar-refractivity contribution in [1.82, 2.24) is 0 Å². The summed E-state index contributed by atoms with van der Waals surface area (Å²) in [5, 5.41) is 2.94. The lowest BCUT2D eigenvalue weighted by Crippen LogP contribution is -2.28. The van der Waals surface area contributed by atoms with Crippen molar-refractivity contribution < 1.29 is 21.6 Å². The minimum absolute atomic E-state index is 0.0147. The molecule has 20 heavy (non-hydrogen) atoms. The summed E-state index contributed by atoms with van der Waals surface area (Å²) >= 11 is 1.78. The Morgan fingerprint density at radius 2 is 1.75 bits per heavy atom. The average molecular weight is 325 g/mol. The van der Waals surface area contributed by atoms with Gasteiger partial charge >= 0.3 is 5.51 Å². The van der Waals surface area contributed by atoms with Crippen molar-refractivity contribution in [2.45, 2.75) is 29.3 Å². The summed E-state index contributed by atoms with van der Waals surface area (Å²) in [5.74, 6) is 1.84. The molecule has 1 N–H and O–H groups in total. The minimum atomic E-state index is -5.33. The highest BCUT2D eigenvalue weighted by molar-refractivity contribution is 7.99. The van der Waals surface area contributed by atoms with E-state index >= 15 is 0 Å². The van der Waals surface area contributed by atoms with Crippen LogP contribution in [0, 0.1) is 0 Å². The minimum Gasteiger partial charge on any atom is -0.381 e. The largest absolute Gasteiger partial charge is 0.501 e. The van der Waals surface area contributed by atoms with Crippen molar-refractivity contribution in [3.05, 3.63) is 24.3 Å². The number of anilines is 1. The van der Waals surface area contributed by atoms with Crippen molar-refractivity contribution in [3.63, 3.8) is 0 Å². The Labute approximate surface area is 119 Å². The maximum Gasteiger partial charge on any atom is 0.501 e. The van der Waals surface area contributed by atoms with Gasteiger partial charge < -0.3 is 5.32 Å². The quantitative estimate of drug-likeness (QED) is 0.926. The fraction of sp³-hybridized carbons (Fsp3) is 0.500. The molecule has 0 atom stereocenters. The molecule has 1 aromatic rings. The third kappa shape index (κ3) is 3.22. The van der Waals surface area contributed by atoms with E-state index < -0.39 is 20.2 Å². The number of halogens is 3.